The lowest BCUT2D eigenvalue weighted by molar-refractivity contribution is 0.0741. The molecule has 0 bridgehead atoms. The molecule has 37 heavy (non-hydrogen) atoms. The van der Waals surface area contributed by atoms with E-state index in [4.69, 9.17) is 21.1 Å². The summed E-state index contributed by atoms with van der Waals surface area (Å²) in [5.41, 5.74) is 1.02. The van der Waals surface area contributed by atoms with E-state index < -0.39 is 30.1 Å². The smallest absolute Gasteiger partial charge is 0.415 e. The summed E-state index contributed by atoms with van der Waals surface area (Å²) in [6.45, 7) is 1.20. The van der Waals surface area contributed by atoms with E-state index >= 15 is 0 Å². The first-order valence-electron chi connectivity index (χ1n) is 11.9. The third-order valence-electron chi connectivity index (χ3n) is 6.53. The Morgan fingerprint density at radius 1 is 1.14 bits per heavy atom. The van der Waals surface area contributed by atoms with Crippen molar-refractivity contribution in [3.63, 3.8) is 0 Å². The molecule has 0 spiro atoms. The minimum atomic E-state index is -1.09. The highest BCUT2D eigenvalue weighted by Crippen LogP contribution is 2.39. The van der Waals surface area contributed by atoms with Gasteiger partial charge in [-0.05, 0) is 79.2 Å². The van der Waals surface area contributed by atoms with E-state index in [2.05, 4.69) is 5.32 Å². The van der Waals surface area contributed by atoms with E-state index in [-0.39, 0.29) is 12.6 Å². The molecular weight excluding hydrogens is 501 g/mol. The first-order valence-corrected chi connectivity index (χ1v) is 12.3. The summed E-state index contributed by atoms with van der Waals surface area (Å²) in [5.74, 6) is 0.686. The molecular formula is C27H25ClFN3O5. The maximum absolute atomic E-state index is 14.2. The van der Waals surface area contributed by atoms with Crippen LogP contribution in [0.1, 0.15) is 18.0 Å². The fourth-order valence-electron chi connectivity index (χ4n) is 4.78. The van der Waals surface area contributed by atoms with Crippen molar-refractivity contribution in [1.29, 1.82) is 0 Å². The van der Waals surface area contributed by atoms with Crippen LogP contribution >= 0.6 is 11.6 Å². The van der Waals surface area contributed by atoms with Gasteiger partial charge in [0.05, 0.1) is 6.54 Å². The van der Waals surface area contributed by atoms with Gasteiger partial charge in [0.25, 0.3) is 0 Å². The molecule has 192 valence electrons. The van der Waals surface area contributed by atoms with Gasteiger partial charge in [-0.25, -0.2) is 14.0 Å². The van der Waals surface area contributed by atoms with Crippen LogP contribution in [0.15, 0.2) is 72.8 Å². The van der Waals surface area contributed by atoms with Crippen LogP contribution in [-0.2, 0) is 4.74 Å². The van der Waals surface area contributed by atoms with Crippen molar-refractivity contribution in [1.82, 2.24) is 10.2 Å². The van der Waals surface area contributed by atoms with Gasteiger partial charge in [-0.1, -0.05) is 23.7 Å². The summed E-state index contributed by atoms with van der Waals surface area (Å²) in [5, 5.41) is 13.6. The fraction of sp³-hybridized carbons (Fsp3) is 0.259. The van der Waals surface area contributed by atoms with Crippen LogP contribution in [0.2, 0.25) is 5.02 Å². The van der Waals surface area contributed by atoms with Gasteiger partial charge in [-0.2, -0.15) is 0 Å². The second kappa shape index (κ2) is 10.7. The van der Waals surface area contributed by atoms with Crippen LogP contribution in [0, 0.1) is 5.82 Å². The summed E-state index contributed by atoms with van der Waals surface area (Å²) in [4.78, 5) is 27.9. The van der Waals surface area contributed by atoms with Crippen LogP contribution in [-0.4, -0.2) is 54.0 Å². The van der Waals surface area contributed by atoms with E-state index in [9.17, 15) is 19.1 Å². The zero-order valence-electron chi connectivity index (χ0n) is 19.7. The van der Waals surface area contributed by atoms with Gasteiger partial charge in [-0.15, -0.1) is 0 Å². The molecule has 0 saturated carbocycles. The summed E-state index contributed by atoms with van der Waals surface area (Å²) in [7, 11) is 0. The normalized spacial score (nSPS) is 21.1. The van der Waals surface area contributed by atoms with Gasteiger partial charge in [0.1, 0.15) is 29.5 Å². The van der Waals surface area contributed by atoms with E-state index in [1.54, 1.807) is 60.7 Å². The number of anilines is 1. The Morgan fingerprint density at radius 3 is 2.46 bits per heavy atom. The number of rotatable bonds is 7. The predicted octanol–water partition coefficient (Wildman–Crippen LogP) is 5.68. The highest BCUT2D eigenvalue weighted by atomic mass is 35.5. The number of cyclic esters (lactones) is 1. The SMILES string of the molecule is O=C(O)N(C[C@@H]1OC(=O)N(c2ccc(Oc3ccc(Cl)cc3)cc2)[C@H]1c1cccc(F)c1)[C@@H]1CCNC1. The fourth-order valence-corrected chi connectivity index (χ4v) is 4.91. The van der Waals surface area contributed by atoms with Crippen LogP contribution in [0.25, 0.3) is 0 Å². The first kappa shape index (κ1) is 24.9. The van der Waals surface area contributed by atoms with E-state index in [0.717, 1.165) is 0 Å². The van der Waals surface area contributed by atoms with Crippen LogP contribution in [0.4, 0.5) is 19.7 Å². The van der Waals surface area contributed by atoms with Crippen molar-refractivity contribution >= 4 is 29.5 Å². The van der Waals surface area contributed by atoms with Gasteiger partial charge in [0.2, 0.25) is 0 Å². The van der Waals surface area contributed by atoms with Gasteiger partial charge in [-0.3, -0.25) is 4.90 Å². The summed E-state index contributed by atoms with van der Waals surface area (Å²) < 4.78 is 25.8. The van der Waals surface area contributed by atoms with Gasteiger partial charge < -0.3 is 24.8 Å². The Hall–Kier alpha value is -3.82. The van der Waals surface area contributed by atoms with Crippen LogP contribution in [0.5, 0.6) is 11.5 Å². The van der Waals surface area contributed by atoms with Gasteiger partial charge >= 0.3 is 12.2 Å². The molecule has 5 rings (SSSR count). The third-order valence-corrected chi connectivity index (χ3v) is 6.78. The molecule has 3 atom stereocenters. The van der Waals surface area contributed by atoms with E-state index in [0.29, 0.717) is 47.3 Å². The van der Waals surface area contributed by atoms with Crippen LogP contribution < -0.4 is 15.0 Å². The predicted molar refractivity (Wildman–Crippen MR) is 136 cm³/mol. The molecule has 2 aliphatic heterocycles. The number of hydrogen-bond acceptors (Lipinski definition) is 5. The summed E-state index contributed by atoms with van der Waals surface area (Å²) in [6.07, 6.45) is -1.91. The van der Waals surface area contributed by atoms with Crippen molar-refractivity contribution in [2.24, 2.45) is 0 Å². The molecule has 0 aliphatic carbocycles. The van der Waals surface area contributed by atoms with E-state index in [1.165, 1.54) is 21.9 Å². The number of benzene rings is 3. The maximum atomic E-state index is 14.2. The van der Waals surface area contributed by atoms with Crippen LogP contribution in [0.3, 0.4) is 0 Å². The maximum Gasteiger partial charge on any atom is 0.415 e. The quantitative estimate of drug-likeness (QED) is 0.412. The van der Waals surface area contributed by atoms with Crippen molar-refractivity contribution in [2.45, 2.75) is 24.6 Å². The summed E-state index contributed by atoms with van der Waals surface area (Å²) in [6, 6.07) is 18.7. The standard InChI is InChI=1S/C27H25ClFN3O5/c28-18-4-8-22(9-5-18)36-23-10-6-20(7-11-23)32-25(17-2-1-3-19(29)14-17)24(37-27(32)35)16-31(26(33)34)21-12-13-30-15-21/h1-11,14,21,24-25,30H,12-13,15-16H2,(H,33,34)/t21-,24+,25+/m1/s1. The molecule has 2 amide bonds. The topological polar surface area (TPSA) is 91.3 Å². The average molecular weight is 526 g/mol. The van der Waals surface area contributed by atoms with Crippen molar-refractivity contribution in [3.05, 3.63) is 89.2 Å². The number of halogens is 2. The lowest BCUT2D eigenvalue weighted by atomic mass is 9.99. The molecule has 0 radical (unpaired) electrons. The third kappa shape index (κ3) is 5.47. The summed E-state index contributed by atoms with van der Waals surface area (Å²) >= 11 is 5.93. The van der Waals surface area contributed by atoms with E-state index in [1.807, 2.05) is 0 Å². The molecule has 8 nitrogen and oxygen atoms in total. The molecule has 2 saturated heterocycles. The zero-order valence-corrected chi connectivity index (χ0v) is 20.5. The van der Waals surface area contributed by atoms with Gasteiger partial charge in [0.15, 0.2) is 0 Å². The molecule has 3 aromatic carbocycles. The van der Waals surface area contributed by atoms with Gasteiger partial charge in [0, 0.05) is 23.3 Å². The minimum absolute atomic E-state index is 0.0388. The number of carbonyl (C=O) groups is 2. The number of hydrogen-bond donors (Lipinski definition) is 2. The number of nitrogens with zero attached hydrogens (tertiary/aromatic N) is 2. The molecule has 10 heteroatoms. The zero-order chi connectivity index (χ0) is 25.9. The number of carbonyl (C=O) groups excluding carboxylic acids is 1. The highest BCUT2D eigenvalue weighted by Gasteiger charge is 2.46. The van der Waals surface area contributed by atoms with Crippen molar-refractivity contribution < 1.29 is 28.6 Å². The second-order valence-corrected chi connectivity index (χ2v) is 9.36. The number of amides is 2. The largest absolute Gasteiger partial charge is 0.465 e. The Balaban J connectivity index is 1.43. The lowest BCUT2D eigenvalue weighted by Gasteiger charge is -2.31. The number of carboxylic acid groups (broad SMARTS) is 1. The minimum Gasteiger partial charge on any atom is -0.465 e. The molecule has 0 aromatic heterocycles. The Labute approximate surface area is 218 Å². The van der Waals surface area contributed by atoms with Crippen molar-refractivity contribution in [3.8, 4) is 11.5 Å². The lowest BCUT2D eigenvalue weighted by Crippen LogP contribution is -2.46. The Bertz CT molecular complexity index is 1270. The molecule has 3 aromatic rings. The Kier molecular flexibility index (Phi) is 7.16. The second-order valence-electron chi connectivity index (χ2n) is 8.92. The molecule has 2 heterocycles. The Morgan fingerprint density at radius 2 is 1.84 bits per heavy atom. The molecule has 0 unspecified atom stereocenters. The first-order chi connectivity index (χ1) is 17.9. The highest BCUT2D eigenvalue weighted by molar-refractivity contribution is 6.30. The average Bonchev–Trinajstić information content (AvgIpc) is 3.52. The molecule has 2 N–H and O–H groups in total. The number of ether oxygens (including phenoxy) is 2. The molecule has 2 aliphatic rings. The number of nitrogens with one attached hydrogen (secondary N) is 1. The molecule has 2 fully saturated rings. The monoisotopic (exact) mass is 525 g/mol. The van der Waals surface area contributed by atoms with Crippen molar-refractivity contribution in [2.75, 3.05) is 24.5 Å².